The number of ether oxygens (including phenoxy) is 1. The highest BCUT2D eigenvalue weighted by Crippen LogP contribution is 2.19. The van der Waals surface area contributed by atoms with Crippen LogP contribution in [0.15, 0.2) is 48.5 Å². The third-order valence-corrected chi connectivity index (χ3v) is 5.51. The van der Waals surface area contributed by atoms with Crippen molar-refractivity contribution >= 4 is 23.2 Å². The number of carbonyl (C=O) groups excluding carboxylic acids is 2. The summed E-state index contributed by atoms with van der Waals surface area (Å²) < 4.78 is 5.82. The molecule has 1 aliphatic heterocycles. The highest BCUT2D eigenvalue weighted by atomic mass is 16.5. The van der Waals surface area contributed by atoms with E-state index < -0.39 is 0 Å². The van der Waals surface area contributed by atoms with E-state index in [0.717, 1.165) is 43.8 Å². The fourth-order valence-corrected chi connectivity index (χ4v) is 3.54. The molecule has 2 aromatic rings. The Hall–Kier alpha value is -3.02. The molecule has 6 nitrogen and oxygen atoms in total. The Morgan fingerprint density at radius 1 is 1.00 bits per heavy atom. The molecule has 0 spiro atoms. The van der Waals surface area contributed by atoms with Crippen molar-refractivity contribution in [3.8, 4) is 5.75 Å². The average molecular weight is 424 g/mol. The first-order valence-corrected chi connectivity index (χ1v) is 11.2. The second-order valence-corrected chi connectivity index (χ2v) is 8.05. The van der Waals surface area contributed by atoms with Crippen molar-refractivity contribution in [2.24, 2.45) is 0 Å². The van der Waals surface area contributed by atoms with Crippen LogP contribution in [-0.2, 0) is 4.79 Å². The van der Waals surface area contributed by atoms with Crippen molar-refractivity contribution in [1.82, 2.24) is 4.90 Å². The summed E-state index contributed by atoms with van der Waals surface area (Å²) in [4.78, 5) is 26.9. The highest BCUT2D eigenvalue weighted by Gasteiger charge is 2.17. The number of carbonyl (C=O) groups is 2. The van der Waals surface area contributed by atoms with Crippen LogP contribution in [0.1, 0.15) is 56.3 Å². The Labute approximate surface area is 185 Å². The van der Waals surface area contributed by atoms with Crippen LogP contribution in [0.25, 0.3) is 0 Å². The number of hydrogen-bond donors (Lipinski definition) is 2. The number of nitrogens with one attached hydrogen (secondary N) is 2. The summed E-state index contributed by atoms with van der Waals surface area (Å²) >= 11 is 0. The molecule has 0 bridgehead atoms. The maximum absolute atomic E-state index is 12.7. The van der Waals surface area contributed by atoms with Crippen molar-refractivity contribution in [3.63, 3.8) is 0 Å². The first-order chi connectivity index (χ1) is 15.0. The normalized spacial score (nSPS) is 15.0. The Morgan fingerprint density at radius 2 is 1.71 bits per heavy atom. The molecule has 1 unspecified atom stereocenters. The molecule has 2 aromatic carbocycles. The van der Waals surface area contributed by atoms with Gasteiger partial charge in [-0.1, -0.05) is 25.8 Å². The zero-order valence-electron chi connectivity index (χ0n) is 18.5. The molecule has 1 fully saturated rings. The summed E-state index contributed by atoms with van der Waals surface area (Å²) in [7, 11) is 0. The number of benzene rings is 2. The van der Waals surface area contributed by atoms with Gasteiger partial charge in [-0.2, -0.15) is 0 Å². The van der Waals surface area contributed by atoms with Crippen LogP contribution in [-0.4, -0.2) is 42.5 Å². The zero-order valence-corrected chi connectivity index (χ0v) is 18.5. The second-order valence-electron chi connectivity index (χ2n) is 8.05. The van der Waals surface area contributed by atoms with Crippen LogP contribution < -0.4 is 15.4 Å². The lowest BCUT2D eigenvalue weighted by atomic mass is 10.1. The summed E-state index contributed by atoms with van der Waals surface area (Å²) in [5.74, 6) is 0.699. The van der Waals surface area contributed by atoms with E-state index >= 15 is 0 Å². The maximum atomic E-state index is 12.7. The number of anilines is 2. The molecule has 6 heteroatoms. The molecule has 166 valence electrons. The minimum Gasteiger partial charge on any atom is -0.491 e. The fraction of sp³-hybridized carbons (Fsp3) is 0.440. The summed E-state index contributed by atoms with van der Waals surface area (Å²) in [5.41, 5.74) is 2.17. The molecule has 2 N–H and O–H groups in total. The lowest BCUT2D eigenvalue weighted by Gasteiger charge is -2.20. The van der Waals surface area contributed by atoms with Gasteiger partial charge in [-0.25, -0.2) is 0 Å². The molecular formula is C25H33N3O3. The van der Waals surface area contributed by atoms with Crippen LogP contribution in [0.5, 0.6) is 5.75 Å². The Kier molecular flexibility index (Phi) is 8.33. The molecular weight excluding hydrogens is 390 g/mol. The van der Waals surface area contributed by atoms with Crippen LogP contribution in [0.2, 0.25) is 0 Å². The smallest absolute Gasteiger partial charge is 0.253 e. The van der Waals surface area contributed by atoms with Gasteiger partial charge in [0, 0.05) is 36.1 Å². The Balaban J connectivity index is 1.49. The lowest BCUT2D eigenvalue weighted by Crippen LogP contribution is -2.31. The lowest BCUT2D eigenvalue weighted by molar-refractivity contribution is -0.114. The number of rotatable bonds is 8. The fourth-order valence-electron chi connectivity index (χ4n) is 3.54. The molecule has 31 heavy (non-hydrogen) atoms. The van der Waals surface area contributed by atoms with E-state index in [0.29, 0.717) is 11.3 Å². The van der Waals surface area contributed by atoms with Crippen LogP contribution >= 0.6 is 0 Å². The summed E-state index contributed by atoms with van der Waals surface area (Å²) in [6, 6.07) is 14.7. The number of amides is 2. The van der Waals surface area contributed by atoms with Crippen molar-refractivity contribution in [2.45, 2.75) is 52.1 Å². The monoisotopic (exact) mass is 423 g/mol. The molecule has 1 heterocycles. The maximum Gasteiger partial charge on any atom is 0.253 e. The minimum atomic E-state index is -0.153. The number of likely N-dealkylation sites (tertiary alicyclic amines) is 1. The first kappa shape index (κ1) is 22.7. The van der Waals surface area contributed by atoms with Gasteiger partial charge in [-0.15, -0.1) is 0 Å². The molecule has 0 aromatic heterocycles. The van der Waals surface area contributed by atoms with Gasteiger partial charge in [-0.05, 0) is 62.6 Å². The van der Waals surface area contributed by atoms with Crippen molar-refractivity contribution in [1.29, 1.82) is 0 Å². The van der Waals surface area contributed by atoms with E-state index in [1.807, 2.05) is 36.1 Å². The van der Waals surface area contributed by atoms with Crippen molar-refractivity contribution in [2.75, 3.05) is 30.3 Å². The van der Waals surface area contributed by atoms with Crippen molar-refractivity contribution < 1.29 is 14.3 Å². The standard InChI is InChI=1S/C25H33N3O3/c1-3-19(2)31-23-10-8-9-22(17-23)26-18-24(29)27-21-13-11-20(12-14-21)25(30)28-15-6-4-5-7-16-28/h8-14,17,19,26H,3-7,15-16,18H2,1-2H3,(H,27,29). The number of nitrogens with zero attached hydrogens (tertiary/aromatic N) is 1. The summed E-state index contributed by atoms with van der Waals surface area (Å²) in [6.45, 7) is 5.90. The van der Waals surface area contributed by atoms with Crippen LogP contribution in [0.4, 0.5) is 11.4 Å². The van der Waals surface area contributed by atoms with E-state index in [1.165, 1.54) is 12.8 Å². The van der Waals surface area contributed by atoms with Gasteiger partial charge in [-0.3, -0.25) is 9.59 Å². The van der Waals surface area contributed by atoms with Gasteiger partial charge in [0.2, 0.25) is 5.91 Å². The predicted molar refractivity (Wildman–Crippen MR) is 125 cm³/mol. The van der Waals surface area contributed by atoms with Gasteiger partial charge in [0.05, 0.1) is 12.6 Å². The van der Waals surface area contributed by atoms with E-state index in [9.17, 15) is 9.59 Å². The van der Waals surface area contributed by atoms with Crippen LogP contribution in [0.3, 0.4) is 0 Å². The van der Waals surface area contributed by atoms with Gasteiger partial charge < -0.3 is 20.3 Å². The predicted octanol–water partition coefficient (Wildman–Crippen LogP) is 4.93. The van der Waals surface area contributed by atoms with Gasteiger partial charge in [0.15, 0.2) is 0 Å². The topological polar surface area (TPSA) is 70.7 Å². The quantitative estimate of drug-likeness (QED) is 0.632. The number of hydrogen-bond acceptors (Lipinski definition) is 4. The molecule has 0 radical (unpaired) electrons. The summed E-state index contributed by atoms with van der Waals surface area (Å²) in [5, 5.41) is 5.99. The minimum absolute atomic E-state index is 0.0703. The molecule has 2 amide bonds. The van der Waals surface area contributed by atoms with Gasteiger partial charge >= 0.3 is 0 Å². The SMILES string of the molecule is CCC(C)Oc1cccc(NCC(=O)Nc2ccc(C(=O)N3CCCCCC3)cc2)c1. The largest absolute Gasteiger partial charge is 0.491 e. The average Bonchev–Trinajstić information content (AvgIpc) is 3.07. The molecule has 1 aliphatic rings. The van der Waals surface area contributed by atoms with E-state index in [1.54, 1.807) is 24.3 Å². The second kappa shape index (κ2) is 11.4. The zero-order chi connectivity index (χ0) is 22.1. The van der Waals surface area contributed by atoms with Crippen molar-refractivity contribution in [3.05, 3.63) is 54.1 Å². The molecule has 1 saturated heterocycles. The van der Waals surface area contributed by atoms with Gasteiger partial charge in [0.1, 0.15) is 5.75 Å². The molecule has 0 saturated carbocycles. The molecule has 1 atom stereocenters. The van der Waals surface area contributed by atoms with Gasteiger partial charge in [0.25, 0.3) is 5.91 Å². The molecule has 0 aliphatic carbocycles. The third-order valence-electron chi connectivity index (χ3n) is 5.51. The summed E-state index contributed by atoms with van der Waals surface area (Å²) in [6.07, 6.45) is 5.60. The van der Waals surface area contributed by atoms with E-state index in [2.05, 4.69) is 17.6 Å². The van der Waals surface area contributed by atoms with E-state index in [4.69, 9.17) is 4.74 Å². The highest BCUT2D eigenvalue weighted by molar-refractivity contribution is 5.96. The Morgan fingerprint density at radius 3 is 2.39 bits per heavy atom. The third kappa shape index (κ3) is 7.02. The first-order valence-electron chi connectivity index (χ1n) is 11.2. The molecule has 3 rings (SSSR count). The van der Waals surface area contributed by atoms with Crippen LogP contribution in [0, 0.1) is 0 Å². The Bertz CT molecular complexity index is 859. The van der Waals surface area contributed by atoms with E-state index in [-0.39, 0.29) is 24.5 Å².